The third-order valence-corrected chi connectivity index (χ3v) is 7.44. The van der Waals surface area contributed by atoms with Crippen molar-refractivity contribution in [2.75, 3.05) is 27.4 Å². The summed E-state index contributed by atoms with van der Waals surface area (Å²) in [6.07, 6.45) is 5.59. The summed E-state index contributed by atoms with van der Waals surface area (Å²) < 4.78 is 18.8. The van der Waals surface area contributed by atoms with Crippen molar-refractivity contribution in [1.29, 1.82) is 0 Å². The minimum atomic E-state index is -0.938. The number of benzene rings is 2. The molecule has 2 aliphatic rings. The molecule has 3 aromatic rings. The van der Waals surface area contributed by atoms with Crippen LogP contribution in [0.3, 0.4) is 0 Å². The third-order valence-electron chi connectivity index (χ3n) is 7.44. The van der Waals surface area contributed by atoms with E-state index in [9.17, 15) is 9.59 Å². The lowest BCUT2D eigenvalue weighted by Gasteiger charge is -2.34. The first kappa shape index (κ1) is 26.0. The van der Waals surface area contributed by atoms with Crippen LogP contribution in [0.2, 0.25) is 0 Å². The number of nitrogens with zero attached hydrogens (tertiary/aromatic N) is 4. The summed E-state index contributed by atoms with van der Waals surface area (Å²) in [5.74, 6) is 0.430. The molecule has 2 fully saturated rings. The number of amides is 2. The number of carbonyl (C=O) groups is 2. The lowest BCUT2D eigenvalue weighted by atomic mass is 10.0. The Labute approximate surface area is 222 Å². The second-order valence-corrected chi connectivity index (χ2v) is 9.89. The fourth-order valence-electron chi connectivity index (χ4n) is 5.54. The van der Waals surface area contributed by atoms with Gasteiger partial charge in [0.1, 0.15) is 18.1 Å². The van der Waals surface area contributed by atoms with Crippen LogP contribution in [0.4, 0.5) is 0 Å². The molecule has 38 heavy (non-hydrogen) atoms. The minimum Gasteiger partial charge on any atom is -0.493 e. The first-order chi connectivity index (χ1) is 18.6. The van der Waals surface area contributed by atoms with Crippen molar-refractivity contribution in [3.05, 3.63) is 48.0 Å². The molecule has 0 unspecified atom stereocenters. The number of hydrogen-bond donors (Lipinski definition) is 1. The average molecular weight is 522 g/mol. The van der Waals surface area contributed by atoms with Crippen LogP contribution in [0, 0.1) is 0 Å². The molecule has 2 heterocycles. The van der Waals surface area contributed by atoms with Gasteiger partial charge in [-0.25, -0.2) is 4.68 Å². The van der Waals surface area contributed by atoms with E-state index in [1.165, 1.54) is 0 Å². The van der Waals surface area contributed by atoms with E-state index in [0.29, 0.717) is 29.2 Å². The van der Waals surface area contributed by atoms with Crippen molar-refractivity contribution >= 4 is 22.8 Å². The number of methoxy groups -OCH3 is 2. The smallest absolute Gasteiger partial charge is 0.247 e. The van der Waals surface area contributed by atoms with Gasteiger partial charge >= 0.3 is 0 Å². The number of para-hydroxylation sites is 2. The zero-order chi connectivity index (χ0) is 26.5. The van der Waals surface area contributed by atoms with Gasteiger partial charge in [0.25, 0.3) is 0 Å². The predicted octanol–water partition coefficient (Wildman–Crippen LogP) is 3.26. The lowest BCUT2D eigenvalue weighted by molar-refractivity contribution is -0.143. The highest BCUT2D eigenvalue weighted by Crippen LogP contribution is 2.38. The number of fused-ring (bicyclic) bond motifs is 1. The van der Waals surface area contributed by atoms with Gasteiger partial charge in [-0.3, -0.25) is 9.59 Å². The topological polar surface area (TPSA) is 108 Å². The summed E-state index contributed by atoms with van der Waals surface area (Å²) in [5.41, 5.74) is 2.02. The molecule has 2 aromatic carbocycles. The Morgan fingerprint density at radius 2 is 1.89 bits per heavy atom. The molecule has 1 saturated carbocycles. The Morgan fingerprint density at radius 1 is 1.08 bits per heavy atom. The molecule has 2 atom stereocenters. The Morgan fingerprint density at radius 3 is 2.63 bits per heavy atom. The average Bonchev–Trinajstić information content (AvgIpc) is 3.71. The maximum absolute atomic E-state index is 14.1. The zero-order valence-electron chi connectivity index (χ0n) is 22.0. The van der Waals surface area contributed by atoms with Crippen LogP contribution in [-0.2, 0) is 20.9 Å². The molecule has 0 spiro atoms. The fourth-order valence-corrected chi connectivity index (χ4v) is 5.54. The molecular formula is C28H35N5O5. The van der Waals surface area contributed by atoms with Gasteiger partial charge in [0.05, 0.1) is 25.8 Å². The Hall–Kier alpha value is -3.66. The maximum atomic E-state index is 14.1. The normalized spacial score (nSPS) is 18.4. The summed E-state index contributed by atoms with van der Waals surface area (Å²) in [5, 5.41) is 11.6. The summed E-state index contributed by atoms with van der Waals surface area (Å²) in [6, 6.07) is 12.1. The number of ether oxygens (including phenoxy) is 3. The molecule has 10 nitrogen and oxygen atoms in total. The Balaban J connectivity index is 1.54. The van der Waals surface area contributed by atoms with Crippen LogP contribution < -0.4 is 14.8 Å². The van der Waals surface area contributed by atoms with Gasteiger partial charge in [0.2, 0.25) is 11.8 Å². The van der Waals surface area contributed by atoms with E-state index < -0.39 is 6.04 Å². The van der Waals surface area contributed by atoms with Gasteiger partial charge in [-0.05, 0) is 43.9 Å². The van der Waals surface area contributed by atoms with Gasteiger partial charge in [-0.2, -0.15) is 0 Å². The number of rotatable bonds is 10. The van der Waals surface area contributed by atoms with Gasteiger partial charge in [-0.1, -0.05) is 42.3 Å². The molecule has 1 N–H and O–H groups in total. The van der Waals surface area contributed by atoms with Crippen molar-refractivity contribution in [3.63, 3.8) is 0 Å². The Kier molecular flexibility index (Phi) is 8.07. The zero-order valence-corrected chi connectivity index (χ0v) is 22.0. The second kappa shape index (κ2) is 11.8. The monoisotopic (exact) mass is 521 g/mol. The van der Waals surface area contributed by atoms with E-state index in [1.54, 1.807) is 29.9 Å². The lowest BCUT2D eigenvalue weighted by Crippen LogP contribution is -2.49. The van der Waals surface area contributed by atoms with Gasteiger partial charge in [0.15, 0.2) is 11.5 Å². The first-order valence-corrected chi connectivity index (χ1v) is 13.3. The molecule has 202 valence electrons. The van der Waals surface area contributed by atoms with Gasteiger partial charge in [-0.15, -0.1) is 5.10 Å². The fraction of sp³-hybridized carbons (Fsp3) is 0.500. The van der Waals surface area contributed by atoms with Crippen LogP contribution >= 0.6 is 0 Å². The van der Waals surface area contributed by atoms with Crippen LogP contribution in [-0.4, -0.2) is 71.2 Å². The standard InChI is InChI=1S/C28H35N5O5/c1-36-24-15-7-12-21(27(24)37-2)26(28(35)29-19-9-3-4-10-19)32(17-20-11-8-16-38-20)25(34)18-33-23-14-6-5-13-22(23)30-31-33/h5-7,12-15,19-20,26H,3-4,8-11,16-18H2,1-2H3,(H,29,35)/t20-,26+/m0/s1. The van der Waals surface area contributed by atoms with Crippen molar-refractivity contribution in [2.45, 2.75) is 63.3 Å². The largest absolute Gasteiger partial charge is 0.493 e. The van der Waals surface area contributed by atoms with E-state index in [2.05, 4.69) is 15.6 Å². The van der Waals surface area contributed by atoms with E-state index >= 15 is 0 Å². The molecule has 2 amide bonds. The molecule has 10 heteroatoms. The van der Waals surface area contributed by atoms with Crippen LogP contribution in [0.1, 0.15) is 50.1 Å². The number of aromatic nitrogens is 3. The maximum Gasteiger partial charge on any atom is 0.247 e. The highest BCUT2D eigenvalue weighted by molar-refractivity contribution is 5.90. The van der Waals surface area contributed by atoms with Crippen LogP contribution in [0.5, 0.6) is 11.5 Å². The van der Waals surface area contributed by atoms with Gasteiger partial charge < -0.3 is 24.4 Å². The van der Waals surface area contributed by atoms with E-state index in [-0.39, 0.29) is 37.0 Å². The van der Waals surface area contributed by atoms with Crippen LogP contribution in [0.15, 0.2) is 42.5 Å². The number of nitrogens with one attached hydrogen (secondary N) is 1. The van der Waals surface area contributed by atoms with Crippen LogP contribution in [0.25, 0.3) is 11.0 Å². The molecule has 1 saturated heterocycles. The summed E-state index contributed by atoms with van der Waals surface area (Å²) in [6.45, 7) is 0.850. The number of hydrogen-bond acceptors (Lipinski definition) is 7. The SMILES string of the molecule is COc1cccc([C@H](C(=O)NC2CCCC2)N(C[C@@H]2CCCO2)C(=O)Cn2nnc3ccccc32)c1OC. The minimum absolute atomic E-state index is 0.0628. The van der Waals surface area contributed by atoms with Crippen molar-refractivity contribution in [1.82, 2.24) is 25.2 Å². The predicted molar refractivity (Wildman–Crippen MR) is 141 cm³/mol. The summed E-state index contributed by atoms with van der Waals surface area (Å²) in [7, 11) is 3.10. The summed E-state index contributed by atoms with van der Waals surface area (Å²) >= 11 is 0. The van der Waals surface area contributed by atoms with E-state index in [4.69, 9.17) is 14.2 Å². The molecule has 0 bridgehead atoms. The first-order valence-electron chi connectivity index (χ1n) is 13.3. The van der Waals surface area contributed by atoms with E-state index in [0.717, 1.165) is 44.0 Å². The molecular weight excluding hydrogens is 486 g/mol. The highest BCUT2D eigenvalue weighted by Gasteiger charge is 2.38. The molecule has 1 aliphatic carbocycles. The molecule has 1 aliphatic heterocycles. The van der Waals surface area contributed by atoms with E-state index in [1.807, 2.05) is 36.4 Å². The summed E-state index contributed by atoms with van der Waals surface area (Å²) in [4.78, 5) is 29.7. The van der Waals surface area contributed by atoms with Gasteiger partial charge in [0, 0.05) is 24.8 Å². The number of carbonyl (C=O) groups excluding carboxylic acids is 2. The van der Waals surface area contributed by atoms with Crippen molar-refractivity contribution in [2.24, 2.45) is 0 Å². The third kappa shape index (κ3) is 5.45. The Bertz CT molecular complexity index is 1270. The second-order valence-electron chi connectivity index (χ2n) is 9.89. The quantitative estimate of drug-likeness (QED) is 0.436. The van der Waals surface area contributed by atoms with Crippen molar-refractivity contribution in [3.8, 4) is 11.5 Å². The van der Waals surface area contributed by atoms with Crippen molar-refractivity contribution < 1.29 is 23.8 Å². The molecule has 5 rings (SSSR count). The molecule has 0 radical (unpaired) electrons. The molecule has 1 aromatic heterocycles. The highest BCUT2D eigenvalue weighted by atomic mass is 16.5.